The molecule has 0 aliphatic carbocycles. The van der Waals surface area contributed by atoms with Gasteiger partial charge in [0.1, 0.15) is 0 Å². The quantitative estimate of drug-likeness (QED) is 0.750. The Morgan fingerprint density at radius 3 is 2.50 bits per heavy atom. The summed E-state index contributed by atoms with van der Waals surface area (Å²) in [7, 11) is 0. The second kappa shape index (κ2) is 7.74. The van der Waals surface area contributed by atoms with Crippen LogP contribution in [0, 0.1) is 11.8 Å². The van der Waals surface area contributed by atoms with E-state index in [2.05, 4.69) is 17.1 Å². The van der Waals surface area contributed by atoms with Crippen LogP contribution in [-0.2, 0) is 4.79 Å². The molecule has 0 saturated carbocycles. The van der Waals surface area contributed by atoms with Gasteiger partial charge >= 0.3 is 0 Å². The first kappa shape index (κ1) is 15.4. The minimum absolute atomic E-state index is 0.0715. The van der Waals surface area contributed by atoms with Crippen LogP contribution in [0.4, 0.5) is 0 Å². The molecule has 0 bridgehead atoms. The molecule has 0 radical (unpaired) electrons. The summed E-state index contributed by atoms with van der Waals surface area (Å²) in [4.78, 5) is 14.2. The fourth-order valence-corrected chi connectivity index (χ4v) is 2.39. The lowest BCUT2D eigenvalue weighted by Gasteiger charge is -2.31. The van der Waals surface area contributed by atoms with E-state index in [4.69, 9.17) is 5.73 Å². The lowest BCUT2D eigenvalue weighted by molar-refractivity contribution is -0.124. The molecule has 2 atom stereocenters. The summed E-state index contributed by atoms with van der Waals surface area (Å²) in [6, 6.07) is -0.0715. The van der Waals surface area contributed by atoms with Gasteiger partial charge in [0.05, 0.1) is 0 Å². The first-order chi connectivity index (χ1) is 8.54. The molecule has 0 spiro atoms. The summed E-state index contributed by atoms with van der Waals surface area (Å²) < 4.78 is 0. The SMILES string of the molecule is CCN1CCC(CCNC(=O)C(C)C(C)N)CC1. The number of nitrogens with one attached hydrogen (secondary N) is 1. The fraction of sp³-hybridized carbons (Fsp3) is 0.929. The van der Waals surface area contributed by atoms with Crippen molar-refractivity contribution in [2.75, 3.05) is 26.2 Å². The molecular formula is C14H29N3O. The highest BCUT2D eigenvalue weighted by Gasteiger charge is 2.19. The largest absolute Gasteiger partial charge is 0.356 e. The van der Waals surface area contributed by atoms with Crippen molar-refractivity contribution in [2.45, 2.75) is 46.1 Å². The van der Waals surface area contributed by atoms with Gasteiger partial charge in [0.2, 0.25) is 5.91 Å². The first-order valence-electron chi connectivity index (χ1n) is 7.30. The third kappa shape index (κ3) is 4.94. The summed E-state index contributed by atoms with van der Waals surface area (Å²) in [5.41, 5.74) is 5.72. The van der Waals surface area contributed by atoms with Crippen LogP contribution >= 0.6 is 0 Å². The van der Waals surface area contributed by atoms with E-state index in [1.54, 1.807) is 0 Å². The lowest BCUT2D eigenvalue weighted by atomic mass is 9.93. The predicted octanol–water partition coefficient (Wildman–Crippen LogP) is 1.21. The number of likely N-dealkylation sites (tertiary alicyclic amines) is 1. The Kier molecular flexibility index (Phi) is 6.65. The normalized spacial score (nSPS) is 21.6. The molecule has 1 heterocycles. The zero-order chi connectivity index (χ0) is 13.5. The number of piperidine rings is 1. The number of carbonyl (C=O) groups excluding carboxylic acids is 1. The number of hydrogen-bond acceptors (Lipinski definition) is 3. The van der Waals surface area contributed by atoms with Crippen LogP contribution in [0.25, 0.3) is 0 Å². The zero-order valence-corrected chi connectivity index (χ0v) is 12.1. The van der Waals surface area contributed by atoms with E-state index in [0.29, 0.717) is 0 Å². The molecule has 1 amide bonds. The van der Waals surface area contributed by atoms with E-state index in [9.17, 15) is 4.79 Å². The van der Waals surface area contributed by atoms with Crippen LogP contribution in [0.1, 0.15) is 40.0 Å². The molecule has 4 heteroatoms. The summed E-state index contributed by atoms with van der Waals surface area (Å²) in [6.07, 6.45) is 3.65. The van der Waals surface area contributed by atoms with Gasteiger partial charge in [-0.25, -0.2) is 0 Å². The summed E-state index contributed by atoms with van der Waals surface area (Å²) in [6.45, 7) is 10.4. The minimum Gasteiger partial charge on any atom is -0.356 e. The van der Waals surface area contributed by atoms with E-state index in [1.807, 2.05) is 13.8 Å². The van der Waals surface area contributed by atoms with E-state index in [-0.39, 0.29) is 17.9 Å². The molecule has 0 aromatic carbocycles. The first-order valence-corrected chi connectivity index (χ1v) is 7.30. The van der Waals surface area contributed by atoms with Crippen LogP contribution < -0.4 is 11.1 Å². The van der Waals surface area contributed by atoms with Gasteiger partial charge in [-0.3, -0.25) is 4.79 Å². The Hall–Kier alpha value is -0.610. The summed E-state index contributed by atoms with van der Waals surface area (Å²) in [5.74, 6) is 0.779. The third-order valence-corrected chi connectivity index (χ3v) is 4.21. The Morgan fingerprint density at radius 1 is 1.39 bits per heavy atom. The number of nitrogens with zero attached hydrogens (tertiary/aromatic N) is 1. The van der Waals surface area contributed by atoms with E-state index in [1.165, 1.54) is 25.9 Å². The third-order valence-electron chi connectivity index (χ3n) is 4.21. The molecule has 4 nitrogen and oxygen atoms in total. The molecule has 0 aromatic heterocycles. The van der Waals surface area contributed by atoms with Crippen LogP contribution in [0.5, 0.6) is 0 Å². The minimum atomic E-state index is -0.0908. The number of rotatable bonds is 6. The monoisotopic (exact) mass is 255 g/mol. The van der Waals surface area contributed by atoms with Gasteiger partial charge in [0, 0.05) is 18.5 Å². The van der Waals surface area contributed by atoms with Gasteiger partial charge in [0.25, 0.3) is 0 Å². The molecule has 1 saturated heterocycles. The van der Waals surface area contributed by atoms with Crippen molar-refractivity contribution in [3.05, 3.63) is 0 Å². The maximum absolute atomic E-state index is 11.7. The van der Waals surface area contributed by atoms with Crippen LogP contribution in [0.2, 0.25) is 0 Å². The van der Waals surface area contributed by atoms with Gasteiger partial charge < -0.3 is 16.0 Å². The van der Waals surface area contributed by atoms with Crippen molar-refractivity contribution in [3.63, 3.8) is 0 Å². The van der Waals surface area contributed by atoms with Crippen molar-refractivity contribution in [2.24, 2.45) is 17.6 Å². The average molecular weight is 255 g/mol. The molecule has 18 heavy (non-hydrogen) atoms. The Labute approximate surface area is 111 Å². The van der Waals surface area contributed by atoms with Crippen molar-refractivity contribution >= 4 is 5.91 Å². The average Bonchev–Trinajstić information content (AvgIpc) is 2.38. The van der Waals surface area contributed by atoms with Gasteiger partial charge in [0.15, 0.2) is 0 Å². The molecule has 1 aliphatic heterocycles. The van der Waals surface area contributed by atoms with E-state index < -0.39 is 0 Å². The summed E-state index contributed by atoms with van der Waals surface area (Å²) >= 11 is 0. The van der Waals surface area contributed by atoms with Crippen LogP contribution in [0.15, 0.2) is 0 Å². The molecule has 1 fully saturated rings. The number of amides is 1. The topological polar surface area (TPSA) is 58.4 Å². The van der Waals surface area contributed by atoms with Crippen molar-refractivity contribution in [1.29, 1.82) is 0 Å². The molecule has 0 aromatic rings. The second-order valence-electron chi connectivity index (χ2n) is 5.61. The molecule has 106 valence electrons. The van der Waals surface area contributed by atoms with Crippen molar-refractivity contribution < 1.29 is 4.79 Å². The highest BCUT2D eigenvalue weighted by Crippen LogP contribution is 2.19. The van der Waals surface area contributed by atoms with Gasteiger partial charge in [-0.2, -0.15) is 0 Å². The Morgan fingerprint density at radius 2 is 2.00 bits per heavy atom. The van der Waals surface area contributed by atoms with Crippen molar-refractivity contribution in [1.82, 2.24) is 10.2 Å². The maximum atomic E-state index is 11.7. The van der Waals surface area contributed by atoms with Crippen LogP contribution in [-0.4, -0.2) is 43.0 Å². The second-order valence-corrected chi connectivity index (χ2v) is 5.61. The standard InChI is InChI=1S/C14H29N3O/c1-4-17-9-6-13(7-10-17)5-8-16-14(18)11(2)12(3)15/h11-13H,4-10,15H2,1-3H3,(H,16,18). The molecule has 1 rings (SSSR count). The predicted molar refractivity (Wildman–Crippen MR) is 75.3 cm³/mol. The lowest BCUT2D eigenvalue weighted by Crippen LogP contribution is -2.40. The van der Waals surface area contributed by atoms with Gasteiger partial charge in [-0.1, -0.05) is 13.8 Å². The Balaban J connectivity index is 2.13. The maximum Gasteiger partial charge on any atom is 0.224 e. The smallest absolute Gasteiger partial charge is 0.224 e. The number of carbonyl (C=O) groups is 1. The van der Waals surface area contributed by atoms with Gasteiger partial charge in [-0.15, -0.1) is 0 Å². The number of nitrogens with two attached hydrogens (primary N) is 1. The van der Waals surface area contributed by atoms with E-state index in [0.717, 1.165) is 25.4 Å². The Bertz CT molecular complexity index is 247. The van der Waals surface area contributed by atoms with E-state index >= 15 is 0 Å². The molecule has 1 aliphatic rings. The molecule has 2 unspecified atom stereocenters. The van der Waals surface area contributed by atoms with Crippen LogP contribution in [0.3, 0.4) is 0 Å². The highest BCUT2D eigenvalue weighted by molar-refractivity contribution is 5.78. The summed E-state index contributed by atoms with van der Waals surface area (Å²) in [5, 5.41) is 3.00. The fourth-order valence-electron chi connectivity index (χ4n) is 2.39. The molecular weight excluding hydrogens is 226 g/mol. The number of hydrogen-bond donors (Lipinski definition) is 2. The van der Waals surface area contributed by atoms with Crippen molar-refractivity contribution in [3.8, 4) is 0 Å². The highest BCUT2D eigenvalue weighted by atomic mass is 16.1. The van der Waals surface area contributed by atoms with Gasteiger partial charge in [-0.05, 0) is 51.7 Å². The zero-order valence-electron chi connectivity index (χ0n) is 12.1. The molecule has 3 N–H and O–H groups in total.